The summed E-state index contributed by atoms with van der Waals surface area (Å²) in [6.45, 7) is 1.00. The number of para-hydroxylation sites is 1. The van der Waals surface area contributed by atoms with Gasteiger partial charge in [0.1, 0.15) is 0 Å². The predicted molar refractivity (Wildman–Crippen MR) is 75.7 cm³/mol. The third-order valence-corrected chi connectivity index (χ3v) is 3.89. The van der Waals surface area contributed by atoms with Crippen LogP contribution in [0.15, 0.2) is 24.3 Å². The lowest BCUT2D eigenvalue weighted by Crippen LogP contribution is -2.56. The molecular weight excluding hydrogens is 343 g/mol. The van der Waals surface area contributed by atoms with Gasteiger partial charge in [0.15, 0.2) is 0 Å². The van der Waals surface area contributed by atoms with Crippen molar-refractivity contribution >= 4 is 5.69 Å². The summed E-state index contributed by atoms with van der Waals surface area (Å²) >= 11 is 0. The van der Waals surface area contributed by atoms with Crippen molar-refractivity contribution in [1.82, 2.24) is 0 Å². The van der Waals surface area contributed by atoms with Gasteiger partial charge >= 0.3 is 18.0 Å². The van der Waals surface area contributed by atoms with Crippen LogP contribution in [0.2, 0.25) is 0 Å². The summed E-state index contributed by atoms with van der Waals surface area (Å²) in [4.78, 5) is 1.49. The first-order valence-corrected chi connectivity index (χ1v) is 6.84. The highest BCUT2D eigenvalue weighted by molar-refractivity contribution is 5.55. The normalized spacial score (nSPS) is 16.0. The lowest BCUT2D eigenvalue weighted by atomic mass is 9.82. The van der Waals surface area contributed by atoms with Crippen molar-refractivity contribution in [2.45, 2.75) is 37.0 Å². The van der Waals surface area contributed by atoms with Gasteiger partial charge < -0.3 is 9.64 Å². The second kappa shape index (κ2) is 6.42. The number of benzene rings is 1. The highest BCUT2D eigenvalue weighted by Gasteiger charge is 2.74. The van der Waals surface area contributed by atoms with Crippen LogP contribution in [-0.2, 0) is 10.3 Å². The zero-order chi connectivity index (χ0) is 19.0. The van der Waals surface area contributed by atoms with E-state index in [2.05, 4.69) is 0 Å². The fourth-order valence-corrected chi connectivity index (χ4v) is 2.41. The predicted octanol–water partition coefficient (Wildman–Crippen LogP) is 4.84. The lowest BCUT2D eigenvalue weighted by Gasteiger charge is -2.39. The van der Waals surface area contributed by atoms with Crippen LogP contribution in [0.25, 0.3) is 0 Å². The summed E-state index contributed by atoms with van der Waals surface area (Å²) in [5.41, 5.74) is -7.20. The molecule has 0 saturated heterocycles. The minimum Gasteiger partial charge on any atom is -0.377 e. The molecule has 1 atom stereocenters. The molecule has 0 saturated carbocycles. The highest BCUT2D eigenvalue weighted by Crippen LogP contribution is 2.53. The molecule has 0 heterocycles. The molecule has 1 unspecified atom stereocenters. The zero-order valence-corrected chi connectivity index (χ0v) is 13.5. The number of hydrogen-bond donors (Lipinski definition) is 0. The molecular formula is C15H18F7NO. The Morgan fingerprint density at radius 3 is 1.75 bits per heavy atom. The average Bonchev–Trinajstić information content (AvgIpc) is 2.44. The Balaban J connectivity index is 3.50. The number of alkyl halides is 7. The first-order valence-electron chi connectivity index (χ1n) is 6.84. The topological polar surface area (TPSA) is 12.5 Å². The highest BCUT2D eigenvalue weighted by atomic mass is 19.4. The lowest BCUT2D eigenvalue weighted by molar-refractivity contribution is -0.353. The van der Waals surface area contributed by atoms with Gasteiger partial charge in [0.05, 0.1) is 5.60 Å². The number of halogens is 7. The molecule has 9 heteroatoms. The molecule has 1 aromatic rings. The zero-order valence-electron chi connectivity index (χ0n) is 13.5. The van der Waals surface area contributed by atoms with E-state index >= 15 is 0 Å². The van der Waals surface area contributed by atoms with Crippen molar-refractivity contribution in [3.63, 3.8) is 0 Å². The van der Waals surface area contributed by atoms with Crippen LogP contribution in [0.3, 0.4) is 0 Å². The van der Waals surface area contributed by atoms with Gasteiger partial charge in [-0.1, -0.05) is 18.2 Å². The van der Waals surface area contributed by atoms with Gasteiger partial charge in [0, 0.05) is 38.9 Å². The Bertz CT molecular complexity index is 554. The Hall–Kier alpha value is -1.51. The number of hydrogen-bond acceptors (Lipinski definition) is 2. The molecule has 0 amide bonds. The van der Waals surface area contributed by atoms with Crippen molar-refractivity contribution in [2.75, 3.05) is 26.1 Å². The van der Waals surface area contributed by atoms with Crippen molar-refractivity contribution < 1.29 is 35.5 Å². The molecule has 0 aromatic heterocycles. The molecule has 0 radical (unpaired) electrons. The first-order chi connectivity index (χ1) is 10.7. The third-order valence-electron chi connectivity index (χ3n) is 3.89. The van der Waals surface area contributed by atoms with Gasteiger partial charge in [-0.05, 0) is 13.0 Å². The van der Waals surface area contributed by atoms with Crippen LogP contribution in [0, 0.1) is 0 Å². The fourth-order valence-electron chi connectivity index (χ4n) is 2.41. The van der Waals surface area contributed by atoms with Crippen LogP contribution < -0.4 is 4.90 Å². The number of rotatable bonds is 5. The van der Waals surface area contributed by atoms with E-state index in [0.29, 0.717) is 5.69 Å². The second-order valence-electron chi connectivity index (χ2n) is 5.82. The monoisotopic (exact) mass is 361 g/mol. The fraction of sp³-hybridized carbons (Fsp3) is 0.600. The van der Waals surface area contributed by atoms with E-state index in [1.807, 2.05) is 0 Å². The molecule has 0 bridgehead atoms. The maximum Gasteiger partial charge on any atom is 0.431 e. The summed E-state index contributed by atoms with van der Waals surface area (Å²) in [6.07, 6.45) is -14.2. The molecule has 2 nitrogen and oxygen atoms in total. The van der Waals surface area contributed by atoms with E-state index in [1.54, 1.807) is 20.2 Å². The number of ether oxygens (including phenoxy) is 1. The van der Waals surface area contributed by atoms with Crippen LogP contribution >= 0.6 is 0 Å². The molecule has 0 N–H and O–H groups in total. The van der Waals surface area contributed by atoms with Crippen molar-refractivity contribution in [2.24, 2.45) is 0 Å². The smallest absolute Gasteiger partial charge is 0.377 e. The van der Waals surface area contributed by atoms with Gasteiger partial charge in [-0.25, -0.2) is 4.39 Å². The largest absolute Gasteiger partial charge is 0.431 e. The molecule has 0 spiro atoms. The molecule has 1 rings (SSSR count). The van der Waals surface area contributed by atoms with Gasteiger partial charge in [0.25, 0.3) is 0 Å². The standard InChI is InChI=1S/C15H18F7NO/c1-12(24-4,10-7-5-6-8-11(10)23(2)3)9-13(16,14(17,18)19)15(20,21)22/h5-8H,9H2,1-4H3. The van der Waals surface area contributed by atoms with E-state index in [-0.39, 0.29) is 5.56 Å². The minimum absolute atomic E-state index is 0.0213. The summed E-state index contributed by atoms with van der Waals surface area (Å²) in [7, 11) is 4.07. The van der Waals surface area contributed by atoms with E-state index in [4.69, 9.17) is 4.74 Å². The summed E-state index contributed by atoms with van der Waals surface area (Å²) < 4.78 is 96.4. The number of anilines is 1. The maximum atomic E-state index is 14.2. The molecule has 138 valence electrons. The van der Waals surface area contributed by atoms with Crippen LogP contribution in [0.4, 0.5) is 36.4 Å². The Morgan fingerprint density at radius 1 is 0.917 bits per heavy atom. The van der Waals surface area contributed by atoms with E-state index in [0.717, 1.165) is 14.0 Å². The van der Waals surface area contributed by atoms with Gasteiger partial charge in [-0.3, -0.25) is 0 Å². The SMILES string of the molecule is COC(C)(CC(F)(C(F)(F)F)C(F)(F)F)c1ccccc1N(C)C. The second-order valence-corrected chi connectivity index (χ2v) is 5.82. The summed E-state index contributed by atoms with van der Waals surface area (Å²) in [5, 5.41) is 0. The summed E-state index contributed by atoms with van der Waals surface area (Å²) in [6, 6.07) is 5.80. The minimum atomic E-state index is -6.13. The Kier molecular flexibility index (Phi) is 5.49. The van der Waals surface area contributed by atoms with Gasteiger partial charge in [-0.2, -0.15) is 26.3 Å². The number of methoxy groups -OCH3 is 1. The van der Waals surface area contributed by atoms with E-state index < -0.39 is 30.0 Å². The van der Waals surface area contributed by atoms with Gasteiger partial charge in [-0.15, -0.1) is 0 Å². The number of nitrogens with zero attached hydrogens (tertiary/aromatic N) is 1. The maximum absolute atomic E-state index is 14.2. The van der Waals surface area contributed by atoms with Crippen molar-refractivity contribution in [3.8, 4) is 0 Å². The van der Waals surface area contributed by atoms with E-state index in [1.165, 1.54) is 23.1 Å². The Morgan fingerprint density at radius 2 is 1.38 bits per heavy atom. The van der Waals surface area contributed by atoms with Crippen LogP contribution in [0.5, 0.6) is 0 Å². The Labute approximate surface area is 135 Å². The molecule has 0 aliphatic carbocycles. The molecule has 24 heavy (non-hydrogen) atoms. The van der Waals surface area contributed by atoms with Gasteiger partial charge in [0.2, 0.25) is 0 Å². The average molecular weight is 361 g/mol. The van der Waals surface area contributed by atoms with Crippen LogP contribution in [0.1, 0.15) is 18.9 Å². The molecule has 1 aromatic carbocycles. The van der Waals surface area contributed by atoms with Crippen molar-refractivity contribution in [3.05, 3.63) is 29.8 Å². The van der Waals surface area contributed by atoms with Crippen LogP contribution in [-0.4, -0.2) is 39.2 Å². The van der Waals surface area contributed by atoms with E-state index in [9.17, 15) is 30.7 Å². The molecule has 0 fully saturated rings. The first kappa shape index (κ1) is 20.5. The third kappa shape index (κ3) is 3.60. The quantitative estimate of drug-likeness (QED) is 0.696. The summed E-state index contributed by atoms with van der Waals surface area (Å²) in [5.74, 6) is 0. The van der Waals surface area contributed by atoms with Crippen molar-refractivity contribution in [1.29, 1.82) is 0 Å². The molecule has 0 aliphatic heterocycles. The molecule has 0 aliphatic rings.